The van der Waals surface area contributed by atoms with Gasteiger partial charge in [0.2, 0.25) is 0 Å². The van der Waals surface area contributed by atoms with Crippen molar-refractivity contribution in [2.45, 2.75) is 6.42 Å². The zero-order valence-electron chi connectivity index (χ0n) is 4.63. The molecule has 52 valence electrons. The third-order valence-electron chi connectivity index (χ3n) is 0.615. The summed E-state index contributed by atoms with van der Waals surface area (Å²) >= 11 is 3.36. The quantitative estimate of drug-likeness (QED) is 0.498. The van der Waals surface area contributed by atoms with Crippen LogP contribution in [0.1, 0.15) is 6.42 Å². The fourth-order valence-electron chi connectivity index (χ4n) is 0.276. The Kier molecular flexibility index (Phi) is 3.87. The highest BCUT2D eigenvalue weighted by Gasteiger charge is 1.95. The van der Waals surface area contributed by atoms with Gasteiger partial charge in [0.1, 0.15) is 0 Å². The van der Waals surface area contributed by atoms with Gasteiger partial charge in [-0.25, -0.2) is 0 Å². The summed E-state index contributed by atoms with van der Waals surface area (Å²) in [4.78, 5) is 19.8. The Morgan fingerprint density at radius 1 is 1.56 bits per heavy atom. The predicted molar refractivity (Wildman–Crippen MR) is 34.6 cm³/mol. The van der Waals surface area contributed by atoms with Crippen molar-refractivity contribution in [1.82, 2.24) is 5.32 Å². The van der Waals surface area contributed by atoms with E-state index >= 15 is 0 Å². The average molecular weight is 149 g/mol. The van der Waals surface area contributed by atoms with Crippen LogP contribution in [-0.2, 0) is 4.79 Å². The SMILES string of the molecule is O=C(O)CCNC(=O)S. The minimum atomic E-state index is -0.933. The molecule has 0 saturated carbocycles. The number of carbonyl (C=O) groups is 2. The summed E-state index contributed by atoms with van der Waals surface area (Å²) in [7, 11) is 0. The molecular formula is C4H7NO3S. The summed E-state index contributed by atoms with van der Waals surface area (Å²) in [5, 5.41) is 9.77. The maximum Gasteiger partial charge on any atom is 0.305 e. The third-order valence-corrected chi connectivity index (χ3v) is 0.773. The molecule has 4 nitrogen and oxygen atoms in total. The summed E-state index contributed by atoms with van der Waals surface area (Å²) in [6.45, 7) is 0.137. The number of rotatable bonds is 3. The molecule has 0 rings (SSSR count). The molecule has 5 heteroatoms. The summed E-state index contributed by atoms with van der Waals surface area (Å²) in [5.74, 6) is -0.933. The number of aliphatic carboxylic acids is 1. The number of carboxylic acids is 1. The Morgan fingerprint density at radius 2 is 2.11 bits per heavy atom. The van der Waals surface area contributed by atoms with Crippen LogP contribution in [0.3, 0.4) is 0 Å². The van der Waals surface area contributed by atoms with Crippen molar-refractivity contribution in [3.8, 4) is 0 Å². The van der Waals surface area contributed by atoms with E-state index in [1.807, 2.05) is 0 Å². The van der Waals surface area contributed by atoms with Gasteiger partial charge in [-0.05, 0) is 0 Å². The van der Waals surface area contributed by atoms with Crippen molar-refractivity contribution < 1.29 is 14.7 Å². The van der Waals surface area contributed by atoms with E-state index in [4.69, 9.17) is 5.11 Å². The molecule has 0 radical (unpaired) electrons. The van der Waals surface area contributed by atoms with Crippen molar-refractivity contribution in [3.05, 3.63) is 0 Å². The highest BCUT2D eigenvalue weighted by atomic mass is 32.1. The zero-order chi connectivity index (χ0) is 7.28. The Balaban J connectivity index is 3.10. The minimum Gasteiger partial charge on any atom is -0.481 e. The Labute approximate surface area is 57.7 Å². The molecule has 0 atom stereocenters. The van der Waals surface area contributed by atoms with Crippen molar-refractivity contribution in [2.75, 3.05) is 6.54 Å². The van der Waals surface area contributed by atoms with Crippen molar-refractivity contribution >= 4 is 23.8 Å². The highest BCUT2D eigenvalue weighted by Crippen LogP contribution is 1.78. The monoisotopic (exact) mass is 149 g/mol. The van der Waals surface area contributed by atoms with Crippen molar-refractivity contribution in [2.24, 2.45) is 0 Å². The Bertz CT molecular complexity index is 111. The molecule has 9 heavy (non-hydrogen) atoms. The second kappa shape index (κ2) is 4.20. The normalized spacial score (nSPS) is 8.56. The molecular weight excluding hydrogens is 142 g/mol. The molecule has 0 saturated heterocycles. The second-order valence-electron chi connectivity index (χ2n) is 1.38. The number of amides is 1. The lowest BCUT2D eigenvalue weighted by Crippen LogP contribution is -2.20. The van der Waals surface area contributed by atoms with Crippen LogP contribution in [0.2, 0.25) is 0 Å². The van der Waals surface area contributed by atoms with E-state index in [1.54, 1.807) is 0 Å². The number of nitrogens with one attached hydrogen (secondary N) is 1. The first kappa shape index (κ1) is 8.29. The van der Waals surface area contributed by atoms with Crippen LogP contribution in [0.5, 0.6) is 0 Å². The summed E-state index contributed by atoms with van der Waals surface area (Å²) in [6.07, 6.45) is -0.0632. The predicted octanol–water partition coefficient (Wildman–Crippen LogP) is 0.101. The van der Waals surface area contributed by atoms with E-state index in [9.17, 15) is 9.59 Å². The molecule has 2 N–H and O–H groups in total. The van der Waals surface area contributed by atoms with Gasteiger partial charge in [-0.1, -0.05) is 12.6 Å². The highest BCUT2D eigenvalue weighted by molar-refractivity contribution is 7.96. The molecule has 0 aromatic heterocycles. The molecule has 0 heterocycles. The van der Waals surface area contributed by atoms with Gasteiger partial charge in [-0.2, -0.15) is 0 Å². The smallest absolute Gasteiger partial charge is 0.305 e. The van der Waals surface area contributed by atoms with Crippen LogP contribution >= 0.6 is 12.6 Å². The first-order valence-corrected chi connectivity index (χ1v) is 2.76. The maximum absolute atomic E-state index is 9.99. The van der Waals surface area contributed by atoms with E-state index in [1.165, 1.54) is 0 Å². The topological polar surface area (TPSA) is 66.4 Å². The molecule has 0 unspecified atom stereocenters. The van der Waals surface area contributed by atoms with Gasteiger partial charge in [-0.3, -0.25) is 9.59 Å². The number of thiol groups is 1. The lowest BCUT2D eigenvalue weighted by atomic mass is 10.4. The van der Waals surface area contributed by atoms with E-state index in [-0.39, 0.29) is 13.0 Å². The van der Waals surface area contributed by atoms with Gasteiger partial charge < -0.3 is 10.4 Å². The second-order valence-corrected chi connectivity index (χ2v) is 1.78. The number of hydrogen-bond acceptors (Lipinski definition) is 2. The Hall–Kier alpha value is -0.710. The molecule has 0 aliphatic carbocycles. The van der Waals surface area contributed by atoms with E-state index in [0.717, 1.165) is 0 Å². The zero-order valence-corrected chi connectivity index (χ0v) is 5.52. The minimum absolute atomic E-state index is 0.0632. The molecule has 0 aliphatic rings. The molecule has 0 aliphatic heterocycles. The van der Waals surface area contributed by atoms with E-state index < -0.39 is 11.2 Å². The average Bonchev–Trinajstić information content (AvgIpc) is 1.63. The van der Waals surface area contributed by atoms with Crippen LogP contribution in [0.4, 0.5) is 4.79 Å². The van der Waals surface area contributed by atoms with Gasteiger partial charge >= 0.3 is 5.97 Å². The van der Waals surface area contributed by atoms with Gasteiger partial charge in [0.25, 0.3) is 5.24 Å². The first-order valence-electron chi connectivity index (χ1n) is 2.31. The Morgan fingerprint density at radius 3 is 2.44 bits per heavy atom. The fourth-order valence-corrected chi connectivity index (χ4v) is 0.388. The standard InChI is InChI=1S/C4H7NO3S/c6-3(7)1-2-5-4(8)9/h1-2H2,(H,6,7)(H2,5,8,9). The number of carboxylic acid groups (broad SMARTS) is 1. The van der Waals surface area contributed by atoms with E-state index in [2.05, 4.69) is 17.9 Å². The summed E-state index contributed by atoms with van der Waals surface area (Å²) < 4.78 is 0. The number of carbonyl (C=O) groups excluding carboxylic acids is 1. The molecule has 0 fully saturated rings. The van der Waals surface area contributed by atoms with Crippen LogP contribution in [0, 0.1) is 0 Å². The van der Waals surface area contributed by atoms with Crippen molar-refractivity contribution in [1.29, 1.82) is 0 Å². The molecule has 0 aromatic carbocycles. The van der Waals surface area contributed by atoms with E-state index in [0.29, 0.717) is 0 Å². The molecule has 0 aromatic rings. The van der Waals surface area contributed by atoms with Gasteiger partial charge in [0.15, 0.2) is 0 Å². The lowest BCUT2D eigenvalue weighted by molar-refractivity contribution is -0.136. The first-order chi connectivity index (χ1) is 4.13. The number of hydrogen-bond donors (Lipinski definition) is 3. The van der Waals surface area contributed by atoms with Gasteiger partial charge in [0, 0.05) is 6.54 Å². The summed E-state index contributed by atoms with van der Waals surface area (Å²) in [5.41, 5.74) is 0. The van der Waals surface area contributed by atoms with Crippen LogP contribution in [-0.4, -0.2) is 22.9 Å². The third kappa shape index (κ3) is 7.29. The summed E-state index contributed by atoms with van der Waals surface area (Å²) in [6, 6.07) is 0. The largest absolute Gasteiger partial charge is 0.481 e. The van der Waals surface area contributed by atoms with Crippen molar-refractivity contribution in [3.63, 3.8) is 0 Å². The fraction of sp³-hybridized carbons (Fsp3) is 0.500. The lowest BCUT2D eigenvalue weighted by Gasteiger charge is -1.94. The molecule has 1 amide bonds. The van der Waals surface area contributed by atoms with Gasteiger partial charge in [-0.15, -0.1) is 0 Å². The maximum atomic E-state index is 9.99. The molecule has 0 bridgehead atoms. The van der Waals surface area contributed by atoms with Crippen LogP contribution in [0.25, 0.3) is 0 Å². The van der Waals surface area contributed by atoms with Crippen LogP contribution < -0.4 is 5.32 Å². The van der Waals surface area contributed by atoms with Crippen LogP contribution in [0.15, 0.2) is 0 Å². The molecule has 0 spiro atoms. The van der Waals surface area contributed by atoms with Gasteiger partial charge in [0.05, 0.1) is 6.42 Å².